The summed E-state index contributed by atoms with van der Waals surface area (Å²) in [6.45, 7) is 0. The van der Waals surface area contributed by atoms with Crippen molar-refractivity contribution in [1.29, 1.82) is 0 Å². The van der Waals surface area contributed by atoms with Gasteiger partial charge in [-0.2, -0.15) is 0 Å². The molecule has 1 fully saturated rings. The fourth-order valence-corrected chi connectivity index (χ4v) is 4.85. The predicted octanol–water partition coefficient (Wildman–Crippen LogP) is 1.96. The van der Waals surface area contributed by atoms with Gasteiger partial charge in [0.05, 0.1) is 11.8 Å². The van der Waals surface area contributed by atoms with E-state index in [-0.39, 0.29) is 12.0 Å². The van der Waals surface area contributed by atoms with Gasteiger partial charge >= 0.3 is 5.97 Å². The second-order valence-electron chi connectivity index (χ2n) is 6.62. The van der Waals surface area contributed by atoms with Gasteiger partial charge in [-0.25, -0.2) is 22.0 Å². The summed E-state index contributed by atoms with van der Waals surface area (Å²) in [6, 6.07) is 8.26. The number of benzene rings is 2. The third kappa shape index (κ3) is 4.36. The first-order valence-corrected chi connectivity index (χ1v) is 10.2. The number of hydrogen-bond acceptors (Lipinski definition) is 4. The Morgan fingerprint density at radius 2 is 1.75 bits per heavy atom. The van der Waals surface area contributed by atoms with Crippen molar-refractivity contribution in [2.24, 2.45) is 0 Å². The van der Waals surface area contributed by atoms with Crippen LogP contribution in [0.2, 0.25) is 0 Å². The molecule has 1 N–H and O–H groups in total. The van der Waals surface area contributed by atoms with Crippen LogP contribution in [0.1, 0.15) is 17.2 Å². The molecule has 0 aliphatic carbocycles. The molecular formula is C19H17F2NO5S. The largest absolute Gasteiger partial charge is 0.480 e. The van der Waals surface area contributed by atoms with E-state index < -0.39 is 56.9 Å². The summed E-state index contributed by atoms with van der Waals surface area (Å²) < 4.78 is 51.7. The summed E-state index contributed by atoms with van der Waals surface area (Å²) >= 11 is 0. The molecule has 1 aliphatic heterocycles. The lowest BCUT2D eigenvalue weighted by Crippen LogP contribution is -2.55. The van der Waals surface area contributed by atoms with Crippen molar-refractivity contribution >= 4 is 21.7 Å². The van der Waals surface area contributed by atoms with E-state index >= 15 is 0 Å². The summed E-state index contributed by atoms with van der Waals surface area (Å²) in [5, 5.41) is 9.72. The van der Waals surface area contributed by atoms with Crippen molar-refractivity contribution in [3.05, 3.63) is 71.3 Å². The lowest BCUT2D eigenvalue weighted by Gasteiger charge is -2.39. The number of carboxylic acids is 1. The minimum absolute atomic E-state index is 0.0732. The Balaban J connectivity index is 2.07. The highest BCUT2D eigenvalue weighted by Crippen LogP contribution is 2.31. The van der Waals surface area contributed by atoms with Gasteiger partial charge in [0.2, 0.25) is 5.91 Å². The Bertz CT molecular complexity index is 990. The summed E-state index contributed by atoms with van der Waals surface area (Å²) in [6.07, 6.45) is -0.0732. The number of aliphatic carboxylic acids is 1. The van der Waals surface area contributed by atoms with Crippen LogP contribution in [0.5, 0.6) is 0 Å². The Morgan fingerprint density at radius 1 is 1.14 bits per heavy atom. The molecule has 0 radical (unpaired) electrons. The van der Waals surface area contributed by atoms with Gasteiger partial charge in [-0.3, -0.25) is 4.79 Å². The molecule has 1 unspecified atom stereocenters. The quantitative estimate of drug-likeness (QED) is 0.815. The number of hydrogen-bond donors (Lipinski definition) is 1. The molecule has 6 nitrogen and oxygen atoms in total. The van der Waals surface area contributed by atoms with Crippen molar-refractivity contribution < 1.29 is 31.9 Å². The predicted molar refractivity (Wildman–Crippen MR) is 96.2 cm³/mol. The van der Waals surface area contributed by atoms with E-state index in [1.54, 1.807) is 30.3 Å². The first-order valence-electron chi connectivity index (χ1n) is 8.40. The van der Waals surface area contributed by atoms with Crippen LogP contribution in [0.25, 0.3) is 0 Å². The number of carbonyl (C=O) groups excluding carboxylic acids is 1. The fraction of sp³-hybridized carbons (Fsp3) is 0.263. The number of nitrogens with zero attached hydrogens (tertiary/aromatic N) is 1. The van der Waals surface area contributed by atoms with E-state index in [1.165, 1.54) is 0 Å². The topological polar surface area (TPSA) is 91.8 Å². The molecule has 1 aliphatic rings. The summed E-state index contributed by atoms with van der Waals surface area (Å²) in [5.74, 6) is -5.59. The van der Waals surface area contributed by atoms with Crippen LogP contribution in [0.3, 0.4) is 0 Å². The van der Waals surface area contributed by atoms with E-state index in [4.69, 9.17) is 0 Å². The molecule has 28 heavy (non-hydrogen) atoms. The van der Waals surface area contributed by atoms with Gasteiger partial charge in [0.25, 0.3) is 0 Å². The molecule has 1 amide bonds. The van der Waals surface area contributed by atoms with Gasteiger partial charge in [0.1, 0.15) is 23.4 Å². The Labute approximate surface area is 160 Å². The zero-order valence-electron chi connectivity index (χ0n) is 14.6. The maximum absolute atomic E-state index is 13.7. The van der Waals surface area contributed by atoms with Gasteiger partial charge in [0, 0.05) is 12.5 Å². The number of amides is 1. The van der Waals surface area contributed by atoms with Crippen LogP contribution in [0.15, 0.2) is 48.5 Å². The lowest BCUT2D eigenvalue weighted by molar-refractivity contribution is -0.151. The Kier molecular flexibility index (Phi) is 5.46. The molecule has 2 atom stereocenters. The highest BCUT2D eigenvalue weighted by atomic mass is 32.2. The number of halogens is 2. The van der Waals surface area contributed by atoms with Crippen LogP contribution in [-0.4, -0.2) is 47.8 Å². The van der Waals surface area contributed by atoms with E-state index in [0.29, 0.717) is 11.6 Å². The van der Waals surface area contributed by atoms with Gasteiger partial charge in [-0.1, -0.05) is 30.3 Å². The second kappa shape index (κ2) is 7.67. The SMILES string of the molecule is O=C(O)C(Cc1ccccc1)N1C(=O)CS(=O)(=O)C[C@H]1c1cc(F)cc(F)c1. The van der Waals surface area contributed by atoms with Crippen LogP contribution in [-0.2, 0) is 25.8 Å². The summed E-state index contributed by atoms with van der Waals surface area (Å²) in [7, 11) is -3.85. The van der Waals surface area contributed by atoms with Crippen molar-refractivity contribution in [2.45, 2.75) is 18.5 Å². The molecule has 3 rings (SSSR count). The van der Waals surface area contributed by atoms with E-state index in [9.17, 15) is 31.9 Å². The lowest BCUT2D eigenvalue weighted by atomic mass is 9.99. The molecule has 2 aromatic rings. The van der Waals surface area contributed by atoms with Crippen LogP contribution < -0.4 is 0 Å². The first kappa shape index (κ1) is 19.9. The van der Waals surface area contributed by atoms with Gasteiger partial charge in [0.15, 0.2) is 9.84 Å². The van der Waals surface area contributed by atoms with Crippen molar-refractivity contribution in [3.8, 4) is 0 Å². The van der Waals surface area contributed by atoms with Crippen molar-refractivity contribution in [2.75, 3.05) is 11.5 Å². The summed E-state index contributed by atoms with van der Waals surface area (Å²) in [5.41, 5.74) is 0.522. The maximum Gasteiger partial charge on any atom is 0.326 e. The number of sulfone groups is 1. The molecule has 0 saturated carbocycles. The Hall–Kier alpha value is -2.81. The Morgan fingerprint density at radius 3 is 2.32 bits per heavy atom. The van der Waals surface area contributed by atoms with E-state index in [0.717, 1.165) is 17.0 Å². The molecule has 0 bridgehead atoms. The minimum Gasteiger partial charge on any atom is -0.480 e. The monoisotopic (exact) mass is 409 g/mol. The smallest absolute Gasteiger partial charge is 0.326 e. The van der Waals surface area contributed by atoms with Gasteiger partial charge < -0.3 is 10.0 Å². The molecule has 148 valence electrons. The highest BCUT2D eigenvalue weighted by Gasteiger charge is 2.43. The maximum atomic E-state index is 13.7. The van der Waals surface area contributed by atoms with Crippen LogP contribution in [0, 0.1) is 11.6 Å². The zero-order valence-corrected chi connectivity index (χ0v) is 15.4. The first-order chi connectivity index (χ1) is 13.2. The second-order valence-corrected chi connectivity index (χ2v) is 8.73. The molecule has 2 aromatic carbocycles. The average molecular weight is 409 g/mol. The molecule has 0 spiro atoms. The van der Waals surface area contributed by atoms with E-state index in [2.05, 4.69) is 0 Å². The van der Waals surface area contributed by atoms with Gasteiger partial charge in [-0.05, 0) is 23.3 Å². The summed E-state index contributed by atoms with van der Waals surface area (Å²) in [4.78, 5) is 25.4. The van der Waals surface area contributed by atoms with Crippen LogP contribution >= 0.6 is 0 Å². The molecule has 1 heterocycles. The highest BCUT2D eigenvalue weighted by molar-refractivity contribution is 7.92. The minimum atomic E-state index is -3.85. The molecular weight excluding hydrogens is 392 g/mol. The number of carbonyl (C=O) groups is 2. The molecule has 0 aromatic heterocycles. The third-order valence-electron chi connectivity index (χ3n) is 4.54. The number of rotatable bonds is 5. The van der Waals surface area contributed by atoms with E-state index in [1.807, 2.05) is 0 Å². The fourth-order valence-electron chi connectivity index (χ4n) is 3.37. The van der Waals surface area contributed by atoms with Crippen molar-refractivity contribution in [1.82, 2.24) is 4.90 Å². The molecule has 1 saturated heterocycles. The molecule has 9 heteroatoms. The van der Waals surface area contributed by atoms with Crippen molar-refractivity contribution in [3.63, 3.8) is 0 Å². The van der Waals surface area contributed by atoms with Crippen LogP contribution in [0.4, 0.5) is 8.78 Å². The zero-order chi connectivity index (χ0) is 20.5. The number of carboxylic acid groups (broad SMARTS) is 1. The normalized spacial score (nSPS) is 20.0. The van der Waals surface area contributed by atoms with Gasteiger partial charge in [-0.15, -0.1) is 0 Å². The average Bonchev–Trinajstić information content (AvgIpc) is 2.59. The third-order valence-corrected chi connectivity index (χ3v) is 6.05. The standard InChI is InChI=1S/C19H17F2NO5S/c20-14-7-13(8-15(21)9-14)17-10-28(26,27)11-18(23)22(17)16(19(24)25)6-12-4-2-1-3-5-12/h1-5,7-9,16-17H,6,10-11H2,(H,24,25)/t16?,17-/m0/s1.